The van der Waals surface area contributed by atoms with Crippen LogP contribution in [-0.2, 0) is 4.79 Å². The molecule has 4 unspecified atom stereocenters. The summed E-state index contributed by atoms with van der Waals surface area (Å²) >= 11 is 0. The van der Waals surface area contributed by atoms with E-state index < -0.39 is 5.41 Å². The van der Waals surface area contributed by atoms with E-state index >= 15 is 0 Å². The lowest BCUT2D eigenvalue weighted by atomic mass is 9.45. The molecular weight excluding hydrogens is 272 g/mol. The molecule has 124 valence electrons. The molecule has 0 aromatic rings. The normalized spacial score (nSPS) is 43.8. The summed E-state index contributed by atoms with van der Waals surface area (Å²) in [5.41, 5.74) is 1.97. The van der Waals surface area contributed by atoms with Gasteiger partial charge in [0.15, 0.2) is 5.78 Å². The molecule has 0 spiro atoms. The molecular formula is C20H32O2. The molecule has 0 aromatic heterocycles. The highest BCUT2D eigenvalue weighted by atomic mass is 16.3. The minimum atomic E-state index is -0.423. The molecule has 2 fully saturated rings. The molecule has 0 aliphatic heterocycles. The summed E-state index contributed by atoms with van der Waals surface area (Å²) in [4.78, 5) is 12.1. The maximum Gasteiger partial charge on any atom is 0.167 e. The molecule has 3 aliphatic rings. The van der Waals surface area contributed by atoms with Crippen LogP contribution in [0.3, 0.4) is 0 Å². The molecule has 22 heavy (non-hydrogen) atoms. The summed E-state index contributed by atoms with van der Waals surface area (Å²) in [6.45, 7) is 9.15. The zero-order valence-corrected chi connectivity index (χ0v) is 14.7. The van der Waals surface area contributed by atoms with Crippen molar-refractivity contribution in [2.75, 3.05) is 6.61 Å². The van der Waals surface area contributed by atoms with Crippen molar-refractivity contribution in [3.63, 3.8) is 0 Å². The minimum Gasteiger partial charge on any atom is -0.389 e. The highest BCUT2D eigenvalue weighted by Crippen LogP contribution is 2.63. The predicted molar refractivity (Wildman–Crippen MR) is 89.5 cm³/mol. The van der Waals surface area contributed by atoms with E-state index in [1.807, 2.05) is 6.92 Å². The Morgan fingerprint density at radius 1 is 1.18 bits per heavy atom. The van der Waals surface area contributed by atoms with E-state index in [0.29, 0.717) is 16.7 Å². The third-order valence-corrected chi connectivity index (χ3v) is 7.48. The summed E-state index contributed by atoms with van der Waals surface area (Å²) in [7, 11) is 0. The fourth-order valence-electron chi connectivity index (χ4n) is 6.23. The number of fused-ring (bicyclic) bond motifs is 3. The van der Waals surface area contributed by atoms with Gasteiger partial charge in [0, 0.05) is 5.41 Å². The summed E-state index contributed by atoms with van der Waals surface area (Å²) in [6.07, 6.45) is 10.8. The first-order valence-electron chi connectivity index (χ1n) is 9.09. The van der Waals surface area contributed by atoms with Crippen LogP contribution >= 0.6 is 0 Å². The first-order valence-corrected chi connectivity index (χ1v) is 9.09. The van der Waals surface area contributed by atoms with Gasteiger partial charge in [-0.2, -0.15) is 0 Å². The number of ketones is 1. The van der Waals surface area contributed by atoms with Crippen molar-refractivity contribution in [3.8, 4) is 0 Å². The Labute approximate surface area is 135 Å². The fraction of sp³-hybridized carbons (Fsp3) is 0.850. The van der Waals surface area contributed by atoms with Crippen LogP contribution in [0.25, 0.3) is 0 Å². The molecule has 0 radical (unpaired) electrons. The summed E-state index contributed by atoms with van der Waals surface area (Å²) in [5.74, 6) is 1.47. The van der Waals surface area contributed by atoms with Gasteiger partial charge in [-0.1, -0.05) is 38.8 Å². The molecule has 2 saturated carbocycles. The standard InChI is InChI=1S/C20H32O2/c1-18(2)9-5-10-20(4)15-8-11-19(3,17(22)13-21)12-14(15)6-7-16(18)20/h12,15-16,21H,5-11,13H2,1-4H3. The monoisotopic (exact) mass is 304 g/mol. The van der Waals surface area contributed by atoms with Crippen LogP contribution in [0.4, 0.5) is 0 Å². The van der Waals surface area contributed by atoms with Gasteiger partial charge in [0.05, 0.1) is 0 Å². The van der Waals surface area contributed by atoms with Crippen LogP contribution in [0, 0.1) is 28.1 Å². The number of hydrogen-bond donors (Lipinski definition) is 1. The second-order valence-electron chi connectivity index (χ2n) is 9.25. The molecule has 1 N–H and O–H groups in total. The van der Waals surface area contributed by atoms with Crippen LogP contribution in [0.2, 0.25) is 0 Å². The lowest BCUT2D eigenvalue weighted by molar-refractivity contribution is -0.130. The average Bonchev–Trinajstić information content (AvgIpc) is 2.45. The summed E-state index contributed by atoms with van der Waals surface area (Å²) in [5, 5.41) is 9.28. The Bertz CT molecular complexity index is 504. The number of carbonyl (C=O) groups is 1. The van der Waals surface area contributed by atoms with Gasteiger partial charge in [-0.25, -0.2) is 0 Å². The van der Waals surface area contributed by atoms with E-state index in [-0.39, 0.29) is 12.4 Å². The van der Waals surface area contributed by atoms with Crippen molar-refractivity contribution in [2.24, 2.45) is 28.1 Å². The van der Waals surface area contributed by atoms with Gasteiger partial charge in [0.25, 0.3) is 0 Å². The third kappa shape index (κ3) is 2.29. The highest BCUT2D eigenvalue weighted by Gasteiger charge is 2.54. The van der Waals surface area contributed by atoms with Crippen molar-refractivity contribution < 1.29 is 9.90 Å². The average molecular weight is 304 g/mol. The Kier molecular flexibility index (Phi) is 3.83. The van der Waals surface area contributed by atoms with Crippen molar-refractivity contribution >= 4 is 5.78 Å². The largest absolute Gasteiger partial charge is 0.389 e. The Morgan fingerprint density at radius 3 is 2.59 bits per heavy atom. The van der Waals surface area contributed by atoms with Gasteiger partial charge in [0.1, 0.15) is 6.61 Å². The van der Waals surface area contributed by atoms with E-state index in [0.717, 1.165) is 25.2 Å². The van der Waals surface area contributed by atoms with Crippen LogP contribution in [0.15, 0.2) is 11.6 Å². The van der Waals surface area contributed by atoms with Crippen LogP contribution in [0.5, 0.6) is 0 Å². The zero-order chi connectivity index (χ0) is 16.2. The number of Topliss-reactive ketones (excluding diaryl/α,β-unsaturated/α-hetero) is 1. The molecule has 0 heterocycles. The molecule has 0 aromatic carbocycles. The van der Waals surface area contributed by atoms with Gasteiger partial charge in [-0.3, -0.25) is 4.79 Å². The molecule has 2 nitrogen and oxygen atoms in total. The van der Waals surface area contributed by atoms with E-state index in [2.05, 4.69) is 26.8 Å². The van der Waals surface area contributed by atoms with Crippen molar-refractivity contribution in [1.82, 2.24) is 0 Å². The molecule has 2 heteroatoms. The Balaban J connectivity index is 1.94. The van der Waals surface area contributed by atoms with E-state index in [9.17, 15) is 9.90 Å². The van der Waals surface area contributed by atoms with Gasteiger partial charge in [0.2, 0.25) is 0 Å². The number of allylic oxidation sites excluding steroid dienone is 2. The van der Waals surface area contributed by atoms with Crippen molar-refractivity contribution in [2.45, 2.75) is 72.6 Å². The van der Waals surface area contributed by atoms with Gasteiger partial charge < -0.3 is 5.11 Å². The summed E-state index contributed by atoms with van der Waals surface area (Å²) in [6, 6.07) is 0. The molecule has 3 rings (SSSR count). The van der Waals surface area contributed by atoms with E-state index in [4.69, 9.17) is 0 Å². The van der Waals surface area contributed by atoms with E-state index in [1.165, 1.54) is 31.3 Å². The van der Waals surface area contributed by atoms with Gasteiger partial charge in [-0.15, -0.1) is 0 Å². The maximum absolute atomic E-state index is 12.1. The molecule has 0 bridgehead atoms. The molecule has 3 aliphatic carbocycles. The molecule has 4 atom stereocenters. The number of aliphatic hydroxyl groups is 1. The minimum absolute atomic E-state index is 0.00491. The third-order valence-electron chi connectivity index (χ3n) is 7.48. The molecule has 0 amide bonds. The zero-order valence-electron chi connectivity index (χ0n) is 14.7. The number of aliphatic hydroxyl groups excluding tert-OH is 1. The lowest BCUT2D eigenvalue weighted by Gasteiger charge is -2.59. The number of carbonyl (C=O) groups excluding carboxylic acids is 1. The van der Waals surface area contributed by atoms with Crippen molar-refractivity contribution in [1.29, 1.82) is 0 Å². The van der Waals surface area contributed by atoms with Gasteiger partial charge in [-0.05, 0) is 68.1 Å². The first kappa shape index (κ1) is 16.2. The van der Waals surface area contributed by atoms with E-state index in [1.54, 1.807) is 0 Å². The lowest BCUT2D eigenvalue weighted by Crippen LogP contribution is -2.51. The van der Waals surface area contributed by atoms with Crippen LogP contribution in [-0.4, -0.2) is 17.5 Å². The highest BCUT2D eigenvalue weighted by molar-refractivity contribution is 5.87. The number of hydrogen-bond acceptors (Lipinski definition) is 2. The Morgan fingerprint density at radius 2 is 1.91 bits per heavy atom. The van der Waals surface area contributed by atoms with Crippen molar-refractivity contribution in [3.05, 3.63) is 11.6 Å². The second-order valence-corrected chi connectivity index (χ2v) is 9.25. The maximum atomic E-state index is 12.1. The van der Waals surface area contributed by atoms with Crippen LogP contribution < -0.4 is 0 Å². The predicted octanol–water partition coefficient (Wildman–Crippen LogP) is 4.52. The SMILES string of the molecule is CC1(C(=O)CO)C=C2CCC3C(C)(C)CCCC3(C)C2CC1. The van der Waals surface area contributed by atoms with Gasteiger partial charge >= 0.3 is 0 Å². The second kappa shape index (κ2) is 5.19. The number of rotatable bonds is 2. The fourth-order valence-corrected chi connectivity index (χ4v) is 6.23. The Hall–Kier alpha value is -0.630. The first-order chi connectivity index (χ1) is 10.2. The van der Waals surface area contributed by atoms with Crippen LogP contribution in [0.1, 0.15) is 72.6 Å². The smallest absolute Gasteiger partial charge is 0.167 e. The molecule has 0 saturated heterocycles. The summed E-state index contributed by atoms with van der Waals surface area (Å²) < 4.78 is 0. The topological polar surface area (TPSA) is 37.3 Å². The quantitative estimate of drug-likeness (QED) is 0.762.